The molecule has 2 aromatic rings. The highest BCUT2D eigenvalue weighted by Crippen LogP contribution is 2.41. The van der Waals surface area contributed by atoms with Gasteiger partial charge in [0.1, 0.15) is 11.5 Å². The number of hydrogen-bond donors (Lipinski definition) is 3. The Balaban J connectivity index is 1.75. The lowest BCUT2D eigenvalue weighted by Gasteiger charge is -2.32. The first kappa shape index (κ1) is 18.7. The highest BCUT2D eigenvalue weighted by atomic mass is 16.3. The number of benzene rings is 2. The maximum Gasteiger partial charge on any atom is 0.255 e. The molecule has 1 heterocycles. The Morgan fingerprint density at radius 3 is 2.52 bits per heavy atom. The van der Waals surface area contributed by atoms with Crippen LogP contribution in [0.3, 0.4) is 0 Å². The molecule has 148 valence electrons. The van der Waals surface area contributed by atoms with Crippen molar-refractivity contribution < 1.29 is 24.6 Å². The fraction of sp³-hybridized carbons (Fsp3) is 0.227. The quantitative estimate of drug-likeness (QED) is 0.546. The van der Waals surface area contributed by atoms with Gasteiger partial charge in [0, 0.05) is 7.05 Å². The van der Waals surface area contributed by atoms with E-state index >= 15 is 0 Å². The predicted molar refractivity (Wildman–Crippen MR) is 105 cm³/mol. The summed E-state index contributed by atoms with van der Waals surface area (Å²) in [4.78, 5) is 39.3. The van der Waals surface area contributed by atoms with Crippen LogP contribution < -0.4 is 5.32 Å². The smallest absolute Gasteiger partial charge is 0.255 e. The number of fused-ring (bicyclic) bond motifs is 1. The number of allylic oxidation sites excluding steroid dienone is 1. The first-order valence-electron chi connectivity index (χ1n) is 9.28. The Morgan fingerprint density at radius 2 is 1.79 bits per heavy atom. The fourth-order valence-electron chi connectivity index (χ4n) is 4.12. The van der Waals surface area contributed by atoms with Gasteiger partial charge in [-0.15, -0.1) is 0 Å². The van der Waals surface area contributed by atoms with E-state index in [1.807, 2.05) is 36.4 Å². The van der Waals surface area contributed by atoms with Gasteiger partial charge in [-0.05, 0) is 35.8 Å². The lowest BCUT2D eigenvalue weighted by atomic mass is 9.75. The second kappa shape index (κ2) is 7.09. The van der Waals surface area contributed by atoms with E-state index in [0.717, 1.165) is 22.1 Å². The van der Waals surface area contributed by atoms with Crippen molar-refractivity contribution in [2.45, 2.75) is 12.5 Å². The molecule has 3 atom stereocenters. The van der Waals surface area contributed by atoms with Gasteiger partial charge in [-0.3, -0.25) is 19.3 Å². The highest BCUT2D eigenvalue weighted by Gasteiger charge is 2.52. The van der Waals surface area contributed by atoms with Crippen LogP contribution >= 0.6 is 0 Å². The molecule has 3 N–H and O–H groups in total. The number of nitrogens with one attached hydrogen (secondary N) is 1. The number of phenolic OH excluding ortho intramolecular Hbond substituents is 2. The van der Waals surface area contributed by atoms with Crippen molar-refractivity contribution in [3.05, 3.63) is 65.7 Å². The number of aromatic hydroxyl groups is 2. The van der Waals surface area contributed by atoms with Gasteiger partial charge < -0.3 is 15.5 Å². The molecule has 0 spiro atoms. The van der Waals surface area contributed by atoms with E-state index in [2.05, 4.69) is 5.32 Å². The molecule has 1 saturated heterocycles. The summed E-state index contributed by atoms with van der Waals surface area (Å²) in [6.45, 7) is 0. The minimum atomic E-state index is -0.744. The second-order valence-electron chi connectivity index (χ2n) is 7.28. The van der Waals surface area contributed by atoms with Crippen LogP contribution in [-0.2, 0) is 9.59 Å². The highest BCUT2D eigenvalue weighted by molar-refractivity contribution is 6.08. The molecule has 7 nitrogen and oxygen atoms in total. The lowest BCUT2D eigenvalue weighted by Crippen LogP contribution is -2.47. The summed E-state index contributed by atoms with van der Waals surface area (Å²) in [6, 6.07) is 12.2. The van der Waals surface area contributed by atoms with Crippen molar-refractivity contribution >= 4 is 23.3 Å². The van der Waals surface area contributed by atoms with E-state index in [0.29, 0.717) is 6.42 Å². The Labute approximate surface area is 167 Å². The maximum absolute atomic E-state index is 12.9. The molecule has 1 aliphatic heterocycles. The van der Waals surface area contributed by atoms with Crippen LogP contribution in [0.25, 0.3) is 5.57 Å². The third kappa shape index (κ3) is 3.14. The molecule has 1 aliphatic carbocycles. The van der Waals surface area contributed by atoms with E-state index in [-0.39, 0.29) is 28.9 Å². The van der Waals surface area contributed by atoms with Gasteiger partial charge in [0.05, 0.1) is 23.4 Å². The molecule has 0 bridgehead atoms. The molecular formula is C22H20N2O5. The van der Waals surface area contributed by atoms with E-state index in [1.54, 1.807) is 0 Å². The van der Waals surface area contributed by atoms with Crippen molar-refractivity contribution in [3.8, 4) is 11.5 Å². The molecule has 0 radical (unpaired) electrons. The average molecular weight is 392 g/mol. The van der Waals surface area contributed by atoms with Crippen LogP contribution in [-0.4, -0.2) is 45.9 Å². The SMILES string of the molecule is CN1C(=O)[C@H]2[C@H](CC=C(c3ccccc3)[C@H]2NC(=O)c2cc(O)ccc2O)C1=O. The molecule has 0 unspecified atom stereocenters. The van der Waals surface area contributed by atoms with Crippen molar-refractivity contribution in [2.75, 3.05) is 7.05 Å². The van der Waals surface area contributed by atoms with Crippen LogP contribution in [0.1, 0.15) is 22.3 Å². The average Bonchev–Trinajstić information content (AvgIpc) is 2.95. The minimum Gasteiger partial charge on any atom is -0.508 e. The molecule has 2 aromatic carbocycles. The number of carbonyl (C=O) groups is 3. The van der Waals surface area contributed by atoms with E-state index in [4.69, 9.17) is 0 Å². The first-order valence-corrected chi connectivity index (χ1v) is 9.28. The number of hydrogen-bond acceptors (Lipinski definition) is 5. The van der Waals surface area contributed by atoms with Gasteiger partial charge in [-0.1, -0.05) is 36.4 Å². The topological polar surface area (TPSA) is 107 Å². The molecule has 29 heavy (non-hydrogen) atoms. The standard InChI is InChI=1S/C22H20N2O5/c1-24-21(28)15-9-8-14(12-5-3-2-4-6-12)19(18(15)22(24)29)23-20(27)16-11-13(25)7-10-17(16)26/h2-8,10-11,15,18-19,25-26H,9H2,1H3,(H,23,27)/t15-,18-,19+/m0/s1. The second-order valence-corrected chi connectivity index (χ2v) is 7.28. The number of nitrogens with zero attached hydrogens (tertiary/aromatic N) is 1. The number of rotatable bonds is 3. The third-order valence-electron chi connectivity index (χ3n) is 5.60. The minimum absolute atomic E-state index is 0.107. The van der Waals surface area contributed by atoms with Crippen LogP contribution in [0.5, 0.6) is 11.5 Å². The molecule has 1 fully saturated rings. The Morgan fingerprint density at radius 1 is 1.07 bits per heavy atom. The van der Waals surface area contributed by atoms with Crippen LogP contribution in [0.4, 0.5) is 0 Å². The molecule has 7 heteroatoms. The normalized spacial score (nSPS) is 23.6. The van der Waals surface area contributed by atoms with Gasteiger partial charge in [0.2, 0.25) is 11.8 Å². The van der Waals surface area contributed by atoms with Crippen LogP contribution in [0.15, 0.2) is 54.6 Å². The zero-order chi connectivity index (χ0) is 20.7. The fourth-order valence-corrected chi connectivity index (χ4v) is 4.12. The number of imide groups is 1. The number of phenols is 2. The monoisotopic (exact) mass is 392 g/mol. The summed E-state index contributed by atoms with van der Waals surface area (Å²) in [5.74, 6) is -2.96. The summed E-state index contributed by atoms with van der Waals surface area (Å²) in [5, 5.41) is 22.5. The Kier molecular flexibility index (Phi) is 4.58. The number of amides is 3. The third-order valence-corrected chi connectivity index (χ3v) is 5.60. The van der Waals surface area contributed by atoms with E-state index in [9.17, 15) is 24.6 Å². The first-order chi connectivity index (χ1) is 13.9. The predicted octanol–water partition coefficient (Wildman–Crippen LogP) is 1.91. The van der Waals surface area contributed by atoms with Crippen molar-refractivity contribution in [3.63, 3.8) is 0 Å². The molecular weight excluding hydrogens is 372 g/mol. The summed E-state index contributed by atoms with van der Waals surface area (Å²) in [6.07, 6.45) is 2.29. The Bertz CT molecular complexity index is 1030. The van der Waals surface area contributed by atoms with Gasteiger partial charge >= 0.3 is 0 Å². The largest absolute Gasteiger partial charge is 0.508 e. The molecule has 0 saturated carbocycles. The molecule has 3 amide bonds. The lowest BCUT2D eigenvalue weighted by molar-refractivity contribution is -0.138. The zero-order valence-electron chi connectivity index (χ0n) is 15.7. The zero-order valence-corrected chi connectivity index (χ0v) is 15.7. The van der Waals surface area contributed by atoms with Gasteiger partial charge in [0.25, 0.3) is 5.91 Å². The summed E-state index contributed by atoms with van der Waals surface area (Å²) >= 11 is 0. The van der Waals surface area contributed by atoms with Crippen molar-refractivity contribution in [2.24, 2.45) is 11.8 Å². The van der Waals surface area contributed by atoms with Crippen LogP contribution in [0.2, 0.25) is 0 Å². The summed E-state index contributed by atoms with van der Waals surface area (Å²) in [7, 11) is 1.45. The number of likely N-dealkylation sites (tertiary alicyclic amines) is 1. The molecule has 4 rings (SSSR count). The summed E-state index contributed by atoms with van der Waals surface area (Å²) < 4.78 is 0. The van der Waals surface area contributed by atoms with Gasteiger partial charge in [0.15, 0.2) is 0 Å². The van der Waals surface area contributed by atoms with Crippen molar-refractivity contribution in [1.82, 2.24) is 10.2 Å². The summed E-state index contributed by atoms with van der Waals surface area (Å²) in [5.41, 5.74) is 1.48. The van der Waals surface area contributed by atoms with Crippen LogP contribution in [0, 0.1) is 11.8 Å². The number of carbonyl (C=O) groups excluding carboxylic acids is 3. The van der Waals surface area contributed by atoms with E-state index < -0.39 is 23.8 Å². The Hall–Kier alpha value is -3.61. The van der Waals surface area contributed by atoms with E-state index in [1.165, 1.54) is 19.2 Å². The van der Waals surface area contributed by atoms with Gasteiger partial charge in [-0.25, -0.2) is 0 Å². The maximum atomic E-state index is 12.9. The van der Waals surface area contributed by atoms with Crippen molar-refractivity contribution in [1.29, 1.82) is 0 Å². The molecule has 2 aliphatic rings. The molecule has 0 aromatic heterocycles. The van der Waals surface area contributed by atoms with Gasteiger partial charge in [-0.2, -0.15) is 0 Å².